The second-order valence-corrected chi connectivity index (χ2v) is 4.28. The molecule has 5 heteroatoms. The highest BCUT2D eigenvalue weighted by molar-refractivity contribution is 5.22. The molecule has 0 amide bonds. The van der Waals surface area contributed by atoms with Crippen LogP contribution in [0.25, 0.3) is 0 Å². The average Bonchev–Trinajstić information content (AvgIpc) is 2.68. The number of hydrogen-bond donors (Lipinski definition) is 1. The molecule has 0 fully saturated rings. The summed E-state index contributed by atoms with van der Waals surface area (Å²) in [7, 11) is 5.74. The van der Waals surface area contributed by atoms with Crippen LogP contribution < -0.4 is 5.73 Å². The maximum Gasteiger partial charge on any atom is 0.0670 e. The van der Waals surface area contributed by atoms with Gasteiger partial charge in [0.15, 0.2) is 0 Å². The quantitative estimate of drug-likeness (QED) is 0.756. The molecule has 1 atom stereocenters. The molecule has 98 valence electrons. The Kier molecular flexibility index (Phi) is 5.61. The van der Waals surface area contributed by atoms with E-state index in [0.717, 1.165) is 18.7 Å². The van der Waals surface area contributed by atoms with E-state index in [4.69, 9.17) is 10.5 Å². The summed E-state index contributed by atoms with van der Waals surface area (Å²) < 4.78 is 6.96. The van der Waals surface area contributed by atoms with Gasteiger partial charge in [-0.2, -0.15) is 5.10 Å². The van der Waals surface area contributed by atoms with Crippen molar-refractivity contribution in [2.24, 2.45) is 12.8 Å². The summed E-state index contributed by atoms with van der Waals surface area (Å²) in [5.41, 5.74) is 8.25. The van der Waals surface area contributed by atoms with Gasteiger partial charge in [-0.15, -0.1) is 0 Å². The van der Waals surface area contributed by atoms with Gasteiger partial charge in [-0.3, -0.25) is 9.58 Å². The molecule has 0 saturated carbocycles. The zero-order valence-electron chi connectivity index (χ0n) is 11.3. The summed E-state index contributed by atoms with van der Waals surface area (Å²) in [6.45, 7) is 4.30. The van der Waals surface area contributed by atoms with Crippen LogP contribution in [0.2, 0.25) is 0 Å². The van der Waals surface area contributed by atoms with Crippen molar-refractivity contribution in [3.8, 4) is 0 Å². The summed E-state index contributed by atoms with van der Waals surface area (Å²) >= 11 is 0. The molecule has 0 bridgehead atoms. The lowest BCUT2D eigenvalue weighted by Crippen LogP contribution is -2.33. The Balaban J connectivity index is 2.84. The minimum Gasteiger partial charge on any atom is -0.383 e. The summed E-state index contributed by atoms with van der Waals surface area (Å²) in [6.07, 6.45) is 3.00. The molecule has 1 unspecified atom stereocenters. The van der Waals surface area contributed by atoms with E-state index in [2.05, 4.69) is 30.2 Å². The van der Waals surface area contributed by atoms with Crippen LogP contribution in [-0.4, -0.2) is 48.5 Å². The molecular formula is C12H24N4O. The minimum atomic E-state index is 0.216. The number of hydrogen-bond acceptors (Lipinski definition) is 4. The van der Waals surface area contributed by atoms with E-state index in [0.29, 0.717) is 13.2 Å². The number of likely N-dealkylation sites (N-methyl/N-ethyl adjacent to an activating group) is 1. The first-order chi connectivity index (χ1) is 8.13. The zero-order chi connectivity index (χ0) is 12.8. The minimum absolute atomic E-state index is 0.216. The molecule has 0 spiro atoms. The number of ether oxygens (including phenoxy) is 1. The Bertz CT molecular complexity index is 337. The summed E-state index contributed by atoms with van der Waals surface area (Å²) in [5, 5.41) is 4.46. The molecule has 0 aliphatic carbocycles. The predicted octanol–water partition coefficient (Wildman–Crippen LogP) is 0.561. The van der Waals surface area contributed by atoms with Gasteiger partial charge < -0.3 is 10.5 Å². The van der Waals surface area contributed by atoms with E-state index in [1.54, 1.807) is 7.11 Å². The third kappa shape index (κ3) is 3.52. The molecule has 1 heterocycles. The van der Waals surface area contributed by atoms with Crippen LogP contribution in [0, 0.1) is 0 Å². The fourth-order valence-corrected chi connectivity index (χ4v) is 2.04. The van der Waals surface area contributed by atoms with Crippen LogP contribution in [0.5, 0.6) is 0 Å². The normalized spacial score (nSPS) is 13.3. The van der Waals surface area contributed by atoms with Crippen LogP contribution in [0.4, 0.5) is 0 Å². The maximum atomic E-state index is 5.89. The first kappa shape index (κ1) is 14.2. The van der Waals surface area contributed by atoms with E-state index in [-0.39, 0.29) is 6.04 Å². The Labute approximate surface area is 104 Å². The van der Waals surface area contributed by atoms with Gasteiger partial charge in [-0.05, 0) is 13.5 Å². The van der Waals surface area contributed by atoms with Gasteiger partial charge in [0.2, 0.25) is 0 Å². The summed E-state index contributed by atoms with van der Waals surface area (Å²) in [6, 6.07) is 0.216. The van der Waals surface area contributed by atoms with Crippen molar-refractivity contribution in [2.75, 3.05) is 33.9 Å². The van der Waals surface area contributed by atoms with Gasteiger partial charge in [0, 0.05) is 39.0 Å². The molecule has 2 N–H and O–H groups in total. The summed E-state index contributed by atoms with van der Waals surface area (Å²) in [5.74, 6) is 0. The first-order valence-electron chi connectivity index (χ1n) is 6.05. The predicted molar refractivity (Wildman–Crippen MR) is 68.9 cm³/mol. The van der Waals surface area contributed by atoms with Gasteiger partial charge in [0.05, 0.1) is 18.3 Å². The molecule has 1 aromatic rings. The largest absolute Gasteiger partial charge is 0.383 e. The molecule has 0 aliphatic rings. The van der Waals surface area contributed by atoms with E-state index in [1.807, 2.05) is 11.7 Å². The zero-order valence-corrected chi connectivity index (χ0v) is 11.3. The highest BCUT2D eigenvalue weighted by Crippen LogP contribution is 2.21. The smallest absolute Gasteiger partial charge is 0.0670 e. The molecule has 0 aromatic carbocycles. The molecular weight excluding hydrogens is 216 g/mol. The Morgan fingerprint density at radius 3 is 2.82 bits per heavy atom. The molecule has 1 rings (SSSR count). The van der Waals surface area contributed by atoms with Crippen molar-refractivity contribution in [3.63, 3.8) is 0 Å². The number of nitrogens with zero attached hydrogens (tertiary/aromatic N) is 3. The number of methoxy groups -OCH3 is 1. The van der Waals surface area contributed by atoms with Crippen molar-refractivity contribution < 1.29 is 4.74 Å². The topological polar surface area (TPSA) is 56.3 Å². The van der Waals surface area contributed by atoms with Crippen LogP contribution in [0.3, 0.4) is 0 Å². The third-order valence-corrected chi connectivity index (χ3v) is 3.03. The standard InChI is InChI=1S/C12H24N4O/c1-5-11-10(9-16(3)14-11)12(8-13)15(2)6-7-17-4/h9,12H,5-8,13H2,1-4H3. The van der Waals surface area contributed by atoms with Crippen LogP contribution in [-0.2, 0) is 18.2 Å². The number of aromatic nitrogens is 2. The monoisotopic (exact) mass is 240 g/mol. The molecule has 5 nitrogen and oxygen atoms in total. The molecule has 0 aliphatic heterocycles. The molecule has 0 radical (unpaired) electrons. The first-order valence-corrected chi connectivity index (χ1v) is 6.05. The SMILES string of the molecule is CCc1nn(C)cc1C(CN)N(C)CCOC. The fourth-order valence-electron chi connectivity index (χ4n) is 2.04. The van der Waals surface area contributed by atoms with Crippen molar-refractivity contribution >= 4 is 0 Å². The third-order valence-electron chi connectivity index (χ3n) is 3.03. The van der Waals surface area contributed by atoms with E-state index in [1.165, 1.54) is 5.56 Å². The van der Waals surface area contributed by atoms with Gasteiger partial charge in [0.25, 0.3) is 0 Å². The lowest BCUT2D eigenvalue weighted by molar-refractivity contribution is 0.140. The van der Waals surface area contributed by atoms with E-state index in [9.17, 15) is 0 Å². The van der Waals surface area contributed by atoms with Gasteiger partial charge in [-0.25, -0.2) is 0 Å². The Morgan fingerprint density at radius 1 is 1.59 bits per heavy atom. The molecule has 1 aromatic heterocycles. The van der Waals surface area contributed by atoms with Crippen molar-refractivity contribution in [2.45, 2.75) is 19.4 Å². The van der Waals surface area contributed by atoms with E-state index < -0.39 is 0 Å². The fraction of sp³-hybridized carbons (Fsp3) is 0.750. The molecule has 17 heavy (non-hydrogen) atoms. The van der Waals surface area contributed by atoms with Crippen molar-refractivity contribution in [3.05, 3.63) is 17.5 Å². The number of nitrogens with two attached hydrogens (primary N) is 1. The highest BCUT2D eigenvalue weighted by atomic mass is 16.5. The number of rotatable bonds is 7. The lowest BCUT2D eigenvalue weighted by Gasteiger charge is -2.26. The van der Waals surface area contributed by atoms with Crippen molar-refractivity contribution in [1.29, 1.82) is 0 Å². The second-order valence-electron chi connectivity index (χ2n) is 4.28. The maximum absolute atomic E-state index is 5.89. The highest BCUT2D eigenvalue weighted by Gasteiger charge is 2.20. The van der Waals surface area contributed by atoms with Gasteiger partial charge in [-0.1, -0.05) is 6.92 Å². The van der Waals surface area contributed by atoms with Crippen LogP contribution in [0.15, 0.2) is 6.20 Å². The van der Waals surface area contributed by atoms with Gasteiger partial charge >= 0.3 is 0 Å². The average molecular weight is 240 g/mol. The lowest BCUT2D eigenvalue weighted by atomic mass is 10.1. The van der Waals surface area contributed by atoms with Crippen LogP contribution >= 0.6 is 0 Å². The molecule has 0 saturated heterocycles. The van der Waals surface area contributed by atoms with Crippen LogP contribution in [0.1, 0.15) is 24.2 Å². The van der Waals surface area contributed by atoms with Crippen molar-refractivity contribution in [1.82, 2.24) is 14.7 Å². The summed E-state index contributed by atoms with van der Waals surface area (Å²) in [4.78, 5) is 2.22. The van der Waals surface area contributed by atoms with E-state index >= 15 is 0 Å². The Morgan fingerprint density at radius 2 is 2.29 bits per heavy atom. The second kappa shape index (κ2) is 6.74. The van der Waals surface area contributed by atoms with Gasteiger partial charge in [0.1, 0.15) is 0 Å². The Hall–Kier alpha value is -0.910. The number of aryl methyl sites for hydroxylation is 2.